The first-order chi connectivity index (χ1) is 14.2. The van der Waals surface area contributed by atoms with Crippen LogP contribution in [0.1, 0.15) is 11.1 Å². The van der Waals surface area contributed by atoms with Crippen LogP contribution < -0.4 is 4.90 Å². The molecule has 29 heavy (non-hydrogen) atoms. The molecule has 1 amide bonds. The molecule has 2 aromatic carbocycles. The molecule has 0 unspecified atom stereocenters. The molecular weight excluding hydrogens is 364 g/mol. The number of hydrogen-bond donors (Lipinski definition) is 0. The number of carbonyl (C=O) groups is 1. The van der Waals surface area contributed by atoms with Crippen LogP contribution in [0.25, 0.3) is 22.1 Å². The van der Waals surface area contributed by atoms with E-state index in [1.165, 1.54) is 0 Å². The third-order valence-electron chi connectivity index (χ3n) is 5.67. The third-order valence-corrected chi connectivity index (χ3v) is 5.67. The van der Waals surface area contributed by atoms with E-state index in [-0.39, 0.29) is 5.91 Å². The van der Waals surface area contributed by atoms with Crippen LogP contribution in [0.4, 0.5) is 5.82 Å². The number of para-hydroxylation sites is 1. The first-order valence-corrected chi connectivity index (χ1v) is 9.90. The fourth-order valence-corrected chi connectivity index (χ4v) is 3.99. The molecule has 0 aliphatic carbocycles. The van der Waals surface area contributed by atoms with Gasteiger partial charge in [0.25, 0.3) is 0 Å². The van der Waals surface area contributed by atoms with E-state index >= 15 is 0 Å². The summed E-state index contributed by atoms with van der Waals surface area (Å²) in [5.74, 6) is 0.979. The first-order valence-electron chi connectivity index (χ1n) is 9.90. The molecule has 5 rings (SSSR count). The molecule has 0 bridgehead atoms. The van der Waals surface area contributed by atoms with Crippen LogP contribution in [-0.2, 0) is 11.2 Å². The van der Waals surface area contributed by atoms with E-state index in [0.717, 1.165) is 46.5 Å². The molecule has 1 saturated heterocycles. The number of benzene rings is 2. The number of furan rings is 1. The molecule has 146 valence electrons. The Labute approximate surface area is 168 Å². The number of fused-ring (bicyclic) bond motifs is 3. The monoisotopic (exact) mass is 386 g/mol. The van der Waals surface area contributed by atoms with E-state index in [2.05, 4.69) is 14.9 Å². The highest BCUT2D eigenvalue weighted by molar-refractivity contribution is 6.05. The standard InChI is InChI=1S/C23H22N4O2/c1-16-6-2-3-7-17(16)14-20(28)26-10-12-27(13-11-26)23-22-21(24-15-25-23)18-8-4-5-9-19(18)29-22/h2-9,15H,10-14H2,1H3. The lowest BCUT2D eigenvalue weighted by molar-refractivity contribution is -0.130. The van der Waals surface area contributed by atoms with Gasteiger partial charge in [0.05, 0.1) is 6.42 Å². The Hall–Kier alpha value is -3.41. The van der Waals surface area contributed by atoms with Crippen molar-refractivity contribution >= 4 is 33.8 Å². The van der Waals surface area contributed by atoms with Gasteiger partial charge in [0.15, 0.2) is 11.4 Å². The largest absolute Gasteiger partial charge is 0.450 e. The summed E-state index contributed by atoms with van der Waals surface area (Å²) in [6, 6.07) is 16.0. The molecule has 6 heteroatoms. The Morgan fingerprint density at radius 2 is 1.76 bits per heavy atom. The van der Waals surface area contributed by atoms with Crippen molar-refractivity contribution in [3.63, 3.8) is 0 Å². The van der Waals surface area contributed by atoms with Gasteiger partial charge in [-0.25, -0.2) is 9.97 Å². The van der Waals surface area contributed by atoms with Gasteiger partial charge in [-0.2, -0.15) is 0 Å². The van der Waals surface area contributed by atoms with Crippen molar-refractivity contribution in [2.45, 2.75) is 13.3 Å². The molecule has 2 aromatic heterocycles. The van der Waals surface area contributed by atoms with Gasteiger partial charge in [-0.1, -0.05) is 36.4 Å². The Bertz CT molecular complexity index is 1190. The van der Waals surface area contributed by atoms with E-state index in [9.17, 15) is 4.79 Å². The zero-order valence-electron chi connectivity index (χ0n) is 16.3. The number of carbonyl (C=O) groups excluding carboxylic acids is 1. The van der Waals surface area contributed by atoms with Gasteiger partial charge in [0.2, 0.25) is 5.91 Å². The lowest BCUT2D eigenvalue weighted by Gasteiger charge is -2.35. The fourth-order valence-electron chi connectivity index (χ4n) is 3.99. The molecule has 0 N–H and O–H groups in total. The highest BCUT2D eigenvalue weighted by atomic mass is 16.3. The third kappa shape index (κ3) is 3.20. The molecule has 0 atom stereocenters. The number of aromatic nitrogens is 2. The van der Waals surface area contributed by atoms with Crippen LogP contribution in [0.15, 0.2) is 59.3 Å². The summed E-state index contributed by atoms with van der Waals surface area (Å²) in [5, 5.41) is 0.998. The van der Waals surface area contributed by atoms with Gasteiger partial charge in [-0.3, -0.25) is 4.79 Å². The number of hydrogen-bond acceptors (Lipinski definition) is 5. The second kappa shape index (κ2) is 7.20. The minimum atomic E-state index is 0.176. The van der Waals surface area contributed by atoms with Gasteiger partial charge in [-0.05, 0) is 30.2 Å². The quantitative estimate of drug-likeness (QED) is 0.539. The minimum absolute atomic E-state index is 0.176. The van der Waals surface area contributed by atoms with Crippen molar-refractivity contribution in [3.8, 4) is 0 Å². The van der Waals surface area contributed by atoms with E-state index in [0.29, 0.717) is 25.1 Å². The lowest BCUT2D eigenvalue weighted by Crippen LogP contribution is -2.49. The number of rotatable bonds is 3. The van der Waals surface area contributed by atoms with E-state index in [1.807, 2.05) is 60.4 Å². The summed E-state index contributed by atoms with van der Waals surface area (Å²) in [6.45, 7) is 4.85. The second-order valence-electron chi connectivity index (χ2n) is 7.44. The average molecular weight is 386 g/mol. The Morgan fingerprint density at radius 1 is 1.00 bits per heavy atom. The van der Waals surface area contributed by atoms with Crippen molar-refractivity contribution in [1.29, 1.82) is 0 Å². The van der Waals surface area contributed by atoms with E-state index in [1.54, 1.807) is 6.33 Å². The van der Waals surface area contributed by atoms with Gasteiger partial charge in [0.1, 0.15) is 17.4 Å². The molecule has 1 aliphatic rings. The van der Waals surface area contributed by atoms with Gasteiger partial charge in [0, 0.05) is 31.6 Å². The molecule has 0 spiro atoms. The number of piperazine rings is 1. The van der Waals surface area contributed by atoms with E-state index < -0.39 is 0 Å². The summed E-state index contributed by atoms with van der Waals surface area (Å²) < 4.78 is 6.06. The molecule has 0 saturated carbocycles. The SMILES string of the molecule is Cc1ccccc1CC(=O)N1CCN(c2ncnc3c2oc2ccccc23)CC1. The summed E-state index contributed by atoms with van der Waals surface area (Å²) >= 11 is 0. The van der Waals surface area contributed by atoms with Crippen molar-refractivity contribution in [1.82, 2.24) is 14.9 Å². The minimum Gasteiger partial charge on any atom is -0.450 e. The number of amides is 1. The molecule has 1 fully saturated rings. The lowest BCUT2D eigenvalue weighted by atomic mass is 10.1. The van der Waals surface area contributed by atoms with Crippen molar-refractivity contribution in [3.05, 3.63) is 66.0 Å². The van der Waals surface area contributed by atoms with Crippen LogP contribution in [-0.4, -0.2) is 47.0 Å². The molecule has 0 radical (unpaired) electrons. The molecule has 3 heterocycles. The van der Waals surface area contributed by atoms with Crippen LogP contribution in [0, 0.1) is 6.92 Å². The Morgan fingerprint density at radius 3 is 2.59 bits per heavy atom. The van der Waals surface area contributed by atoms with Gasteiger partial charge < -0.3 is 14.2 Å². The maximum absolute atomic E-state index is 12.8. The molecule has 4 aromatic rings. The number of aryl methyl sites for hydroxylation is 1. The van der Waals surface area contributed by atoms with Crippen LogP contribution in [0.5, 0.6) is 0 Å². The van der Waals surface area contributed by atoms with Gasteiger partial charge >= 0.3 is 0 Å². The average Bonchev–Trinajstić information content (AvgIpc) is 3.14. The predicted molar refractivity (Wildman–Crippen MR) is 113 cm³/mol. The van der Waals surface area contributed by atoms with Crippen LogP contribution in [0.2, 0.25) is 0 Å². The molecule has 6 nitrogen and oxygen atoms in total. The maximum atomic E-state index is 12.8. The fraction of sp³-hybridized carbons (Fsp3) is 0.261. The highest BCUT2D eigenvalue weighted by Gasteiger charge is 2.25. The number of anilines is 1. The zero-order valence-corrected chi connectivity index (χ0v) is 16.3. The second-order valence-corrected chi connectivity index (χ2v) is 7.44. The summed E-state index contributed by atoms with van der Waals surface area (Å²) in [5.41, 5.74) is 4.63. The predicted octanol–water partition coefficient (Wildman–Crippen LogP) is 3.58. The summed E-state index contributed by atoms with van der Waals surface area (Å²) in [7, 11) is 0. The summed E-state index contributed by atoms with van der Waals surface area (Å²) in [4.78, 5) is 25.8. The number of nitrogens with zero attached hydrogens (tertiary/aromatic N) is 4. The van der Waals surface area contributed by atoms with Crippen molar-refractivity contribution < 1.29 is 9.21 Å². The topological polar surface area (TPSA) is 62.5 Å². The van der Waals surface area contributed by atoms with Gasteiger partial charge in [-0.15, -0.1) is 0 Å². The van der Waals surface area contributed by atoms with E-state index in [4.69, 9.17) is 4.42 Å². The normalized spacial score (nSPS) is 14.7. The van der Waals surface area contributed by atoms with Crippen LogP contribution in [0.3, 0.4) is 0 Å². The zero-order chi connectivity index (χ0) is 19.8. The maximum Gasteiger partial charge on any atom is 0.227 e. The smallest absolute Gasteiger partial charge is 0.227 e. The Balaban J connectivity index is 1.33. The van der Waals surface area contributed by atoms with Crippen molar-refractivity contribution in [2.75, 3.05) is 31.1 Å². The Kier molecular flexibility index (Phi) is 4.39. The molecule has 1 aliphatic heterocycles. The van der Waals surface area contributed by atoms with Crippen LogP contribution >= 0.6 is 0 Å². The highest BCUT2D eigenvalue weighted by Crippen LogP contribution is 2.32. The summed E-state index contributed by atoms with van der Waals surface area (Å²) in [6.07, 6.45) is 2.04. The molecular formula is C23H22N4O2. The first kappa shape index (κ1) is 17.7. The van der Waals surface area contributed by atoms with Crippen molar-refractivity contribution in [2.24, 2.45) is 0 Å².